The number of hydrogen-bond donors (Lipinski definition) is 0. The van der Waals surface area contributed by atoms with Crippen LogP contribution >= 0.6 is 0 Å². The lowest BCUT2D eigenvalue weighted by atomic mass is 10.3. The minimum atomic E-state index is -0.230. The van der Waals surface area contributed by atoms with E-state index >= 15 is 0 Å². The van der Waals surface area contributed by atoms with Gasteiger partial charge in [-0.05, 0) is 43.3 Å². The summed E-state index contributed by atoms with van der Waals surface area (Å²) in [7, 11) is 0. The van der Waals surface area contributed by atoms with Gasteiger partial charge in [-0.1, -0.05) is 0 Å². The average molecular weight is 322 g/mol. The van der Waals surface area contributed by atoms with E-state index in [1.165, 1.54) is 12.1 Å². The number of nitrogens with zero attached hydrogens (tertiary/aromatic N) is 3. The summed E-state index contributed by atoms with van der Waals surface area (Å²) in [6, 6.07) is 10.4. The Balaban J connectivity index is 0.00000133. The maximum Gasteiger partial charge on any atom is 0.273 e. The second-order valence-electron chi connectivity index (χ2n) is 4.09. The van der Waals surface area contributed by atoms with Crippen molar-refractivity contribution in [2.75, 3.05) is 0 Å². The number of imidazole rings is 1. The molecule has 0 atom stereocenters. The third-order valence-electron chi connectivity index (χ3n) is 3.00. The average Bonchev–Trinajstić information content (AvgIpc) is 2.79. The Hall–Kier alpha value is -1.75. The van der Waals surface area contributed by atoms with Crippen LogP contribution in [-0.4, -0.2) is 9.55 Å². The lowest BCUT2D eigenvalue weighted by Gasteiger charge is -1.95. The minimum Gasteiger partial charge on any atom is -1.00 e. The Morgan fingerprint density at radius 3 is 2.63 bits per heavy atom. The van der Waals surface area contributed by atoms with E-state index in [1.54, 1.807) is 18.3 Å². The molecule has 1 aromatic carbocycles. The first-order chi connectivity index (χ1) is 8.79. The molecule has 0 aliphatic heterocycles. The van der Waals surface area contributed by atoms with Crippen LogP contribution in [0.25, 0.3) is 16.9 Å². The Labute approximate surface area is 121 Å². The SMILES string of the molecule is CC[n+]1cn(-c2ccc(F)cc2)c2ncccc21.[Br-]. The molecule has 0 aliphatic rings. The number of fused-ring (bicyclic) bond motifs is 1. The Kier molecular flexibility index (Phi) is 3.95. The third-order valence-corrected chi connectivity index (χ3v) is 3.00. The third kappa shape index (κ3) is 2.38. The molecule has 0 fully saturated rings. The van der Waals surface area contributed by atoms with Gasteiger partial charge in [-0.25, -0.2) is 13.9 Å². The zero-order valence-electron chi connectivity index (χ0n) is 10.4. The fourth-order valence-corrected chi connectivity index (χ4v) is 2.10. The molecule has 19 heavy (non-hydrogen) atoms. The predicted octanol–water partition coefficient (Wildman–Crippen LogP) is -0.524. The first-order valence-electron chi connectivity index (χ1n) is 5.91. The molecule has 3 aromatic rings. The summed E-state index contributed by atoms with van der Waals surface area (Å²) >= 11 is 0. The van der Waals surface area contributed by atoms with Gasteiger partial charge in [0.15, 0.2) is 5.52 Å². The predicted molar refractivity (Wildman–Crippen MR) is 66.9 cm³/mol. The van der Waals surface area contributed by atoms with Crippen molar-refractivity contribution in [3.63, 3.8) is 0 Å². The van der Waals surface area contributed by atoms with E-state index in [0.717, 1.165) is 23.4 Å². The van der Waals surface area contributed by atoms with Crippen molar-refractivity contribution in [3.8, 4) is 5.69 Å². The molecule has 0 aliphatic carbocycles. The molecule has 0 radical (unpaired) electrons. The first-order valence-corrected chi connectivity index (χ1v) is 5.91. The van der Waals surface area contributed by atoms with Gasteiger partial charge in [-0.2, -0.15) is 4.57 Å². The van der Waals surface area contributed by atoms with Crippen molar-refractivity contribution in [3.05, 3.63) is 54.7 Å². The lowest BCUT2D eigenvalue weighted by Crippen LogP contribution is -3.00. The van der Waals surface area contributed by atoms with Gasteiger partial charge in [0.25, 0.3) is 12.0 Å². The highest BCUT2D eigenvalue weighted by Gasteiger charge is 2.16. The largest absolute Gasteiger partial charge is 1.00 e. The molecule has 2 heterocycles. The highest BCUT2D eigenvalue weighted by Crippen LogP contribution is 2.15. The van der Waals surface area contributed by atoms with Gasteiger partial charge in [-0.15, -0.1) is 0 Å². The van der Waals surface area contributed by atoms with Crippen LogP contribution in [0.15, 0.2) is 48.9 Å². The number of rotatable bonds is 2. The molecule has 0 saturated carbocycles. The van der Waals surface area contributed by atoms with Crippen LogP contribution in [0.4, 0.5) is 4.39 Å². The maximum atomic E-state index is 13.0. The number of aryl methyl sites for hydroxylation is 1. The number of halogens is 2. The lowest BCUT2D eigenvalue weighted by molar-refractivity contribution is -0.668. The second kappa shape index (κ2) is 5.48. The molecule has 5 heteroatoms. The quantitative estimate of drug-likeness (QED) is 0.582. The van der Waals surface area contributed by atoms with E-state index in [1.807, 2.05) is 23.0 Å². The summed E-state index contributed by atoms with van der Waals surface area (Å²) in [5.41, 5.74) is 2.86. The van der Waals surface area contributed by atoms with Crippen LogP contribution in [0.5, 0.6) is 0 Å². The molecule has 3 rings (SSSR count). The number of benzene rings is 1. The van der Waals surface area contributed by atoms with Crippen molar-refractivity contribution in [1.82, 2.24) is 9.55 Å². The van der Waals surface area contributed by atoms with Crippen LogP contribution in [0.3, 0.4) is 0 Å². The number of aromatic nitrogens is 3. The van der Waals surface area contributed by atoms with Gasteiger partial charge in [-0.3, -0.25) is 0 Å². The van der Waals surface area contributed by atoms with Crippen molar-refractivity contribution >= 4 is 11.2 Å². The number of hydrogen-bond acceptors (Lipinski definition) is 1. The van der Waals surface area contributed by atoms with E-state index in [4.69, 9.17) is 0 Å². The molecule has 0 bridgehead atoms. The van der Waals surface area contributed by atoms with Gasteiger partial charge < -0.3 is 17.0 Å². The second-order valence-corrected chi connectivity index (χ2v) is 4.09. The molecule has 98 valence electrons. The fraction of sp³-hybridized carbons (Fsp3) is 0.143. The standard InChI is InChI=1S/C14H13FN3.BrH/c1-2-17-10-18(12-7-5-11(15)6-8-12)14-13(17)4-3-9-16-14;/h3-10H,2H2,1H3;1H/q+1;/p-1. The zero-order chi connectivity index (χ0) is 12.5. The van der Waals surface area contributed by atoms with Crippen LogP contribution < -0.4 is 21.5 Å². The molecule has 0 spiro atoms. The molecule has 3 nitrogen and oxygen atoms in total. The van der Waals surface area contributed by atoms with Crippen molar-refractivity contribution < 1.29 is 25.9 Å². The molecule has 0 amide bonds. The smallest absolute Gasteiger partial charge is 0.273 e. The molecular weight excluding hydrogens is 309 g/mol. The summed E-state index contributed by atoms with van der Waals surface area (Å²) in [5.74, 6) is -0.230. The van der Waals surface area contributed by atoms with Crippen molar-refractivity contribution in [1.29, 1.82) is 0 Å². The van der Waals surface area contributed by atoms with Crippen molar-refractivity contribution in [2.24, 2.45) is 0 Å². The van der Waals surface area contributed by atoms with Gasteiger partial charge >= 0.3 is 0 Å². The monoisotopic (exact) mass is 321 g/mol. The Morgan fingerprint density at radius 1 is 1.21 bits per heavy atom. The summed E-state index contributed by atoms with van der Waals surface area (Å²) < 4.78 is 17.0. The summed E-state index contributed by atoms with van der Waals surface area (Å²) in [4.78, 5) is 4.40. The van der Waals surface area contributed by atoms with Gasteiger partial charge in [0, 0.05) is 6.20 Å². The summed E-state index contributed by atoms with van der Waals surface area (Å²) in [5, 5.41) is 0. The van der Waals surface area contributed by atoms with Crippen LogP contribution in [0, 0.1) is 5.82 Å². The molecule has 0 N–H and O–H groups in total. The molecule has 0 saturated heterocycles. The molecule has 2 aromatic heterocycles. The first kappa shape index (κ1) is 13.7. The molecule has 0 unspecified atom stereocenters. The van der Waals surface area contributed by atoms with Gasteiger partial charge in [0.05, 0.1) is 6.54 Å². The van der Waals surface area contributed by atoms with Gasteiger partial charge in [0.2, 0.25) is 0 Å². The zero-order valence-corrected chi connectivity index (χ0v) is 12.0. The van der Waals surface area contributed by atoms with Crippen LogP contribution in [0.2, 0.25) is 0 Å². The van der Waals surface area contributed by atoms with Crippen LogP contribution in [-0.2, 0) is 6.54 Å². The Bertz CT molecular complexity index is 691. The van der Waals surface area contributed by atoms with E-state index in [2.05, 4.69) is 16.5 Å². The van der Waals surface area contributed by atoms with E-state index in [-0.39, 0.29) is 22.8 Å². The van der Waals surface area contributed by atoms with E-state index < -0.39 is 0 Å². The van der Waals surface area contributed by atoms with Gasteiger partial charge in [0.1, 0.15) is 11.5 Å². The maximum absolute atomic E-state index is 13.0. The topological polar surface area (TPSA) is 21.7 Å². The highest BCUT2D eigenvalue weighted by atomic mass is 79.9. The van der Waals surface area contributed by atoms with Crippen LogP contribution in [0.1, 0.15) is 6.92 Å². The fourth-order valence-electron chi connectivity index (χ4n) is 2.10. The highest BCUT2D eigenvalue weighted by molar-refractivity contribution is 5.68. The summed E-state index contributed by atoms with van der Waals surface area (Å²) in [6.45, 7) is 2.96. The van der Waals surface area contributed by atoms with Crippen molar-refractivity contribution in [2.45, 2.75) is 13.5 Å². The minimum absolute atomic E-state index is 0. The van der Waals surface area contributed by atoms with E-state index in [0.29, 0.717) is 0 Å². The normalized spacial score (nSPS) is 10.4. The summed E-state index contributed by atoms with van der Waals surface area (Å²) in [6.07, 6.45) is 3.76. The van der Waals surface area contributed by atoms with E-state index in [9.17, 15) is 4.39 Å². The molecular formula is C14H13BrFN3. The Morgan fingerprint density at radius 2 is 1.95 bits per heavy atom. The number of pyridine rings is 1.